The largest absolute Gasteiger partial charge is 0.483 e. The van der Waals surface area contributed by atoms with Crippen molar-refractivity contribution in [3.05, 3.63) is 47.8 Å². The minimum absolute atomic E-state index is 0.00796. The lowest BCUT2D eigenvalue weighted by atomic mass is 10.2. The molecule has 0 amide bonds. The van der Waals surface area contributed by atoms with Crippen molar-refractivity contribution >= 4 is 5.91 Å². The van der Waals surface area contributed by atoms with Crippen LogP contribution in [0.4, 0.5) is 0 Å². The first-order valence-electron chi connectivity index (χ1n) is 5.41. The Hall–Kier alpha value is -2.10. The van der Waals surface area contributed by atoms with Gasteiger partial charge in [-0.1, -0.05) is 18.2 Å². The molecule has 0 atom stereocenters. The molecule has 0 saturated heterocycles. The van der Waals surface area contributed by atoms with Crippen LogP contribution in [0.15, 0.2) is 36.5 Å². The van der Waals surface area contributed by atoms with Crippen LogP contribution in [0.5, 0.6) is 5.75 Å². The molecule has 0 aliphatic carbocycles. The number of hydrogen-bond acceptors (Lipinski definition) is 3. The molecular formula is C13H14N2O2. The summed E-state index contributed by atoms with van der Waals surface area (Å²) in [6, 6.07) is 9.38. The van der Waals surface area contributed by atoms with E-state index in [0.29, 0.717) is 0 Å². The van der Waals surface area contributed by atoms with Crippen molar-refractivity contribution in [3.63, 3.8) is 0 Å². The van der Waals surface area contributed by atoms with E-state index in [1.165, 1.54) is 4.68 Å². The molecule has 0 fully saturated rings. The van der Waals surface area contributed by atoms with Gasteiger partial charge in [-0.2, -0.15) is 5.10 Å². The molecule has 0 N–H and O–H groups in total. The number of para-hydroxylation sites is 1. The molecule has 1 aromatic carbocycles. The number of carbonyl (C=O) groups excluding carboxylic acids is 1. The molecule has 17 heavy (non-hydrogen) atoms. The Bertz CT molecular complexity index is 532. The standard InChI is InChI=1S/C13H14N2O2/c1-10-5-3-4-6-12(10)17-9-13(16)15-8-7-11(2)14-15/h3-8H,9H2,1-2H3. The van der Waals surface area contributed by atoms with Gasteiger partial charge in [0.15, 0.2) is 6.61 Å². The third-order valence-corrected chi connectivity index (χ3v) is 2.42. The molecule has 0 bridgehead atoms. The minimum atomic E-state index is -0.179. The molecule has 0 unspecified atom stereocenters. The van der Waals surface area contributed by atoms with Gasteiger partial charge in [0, 0.05) is 6.20 Å². The molecule has 0 saturated carbocycles. The van der Waals surface area contributed by atoms with Gasteiger partial charge in [0.25, 0.3) is 5.91 Å². The predicted octanol–water partition coefficient (Wildman–Crippen LogP) is 2.22. The van der Waals surface area contributed by atoms with Crippen molar-refractivity contribution in [3.8, 4) is 5.75 Å². The van der Waals surface area contributed by atoms with E-state index in [4.69, 9.17) is 4.74 Å². The van der Waals surface area contributed by atoms with Crippen molar-refractivity contribution in [1.29, 1.82) is 0 Å². The zero-order valence-electron chi connectivity index (χ0n) is 9.88. The average molecular weight is 230 g/mol. The van der Waals surface area contributed by atoms with Crippen molar-refractivity contribution < 1.29 is 9.53 Å². The lowest BCUT2D eigenvalue weighted by molar-refractivity contribution is 0.0820. The Morgan fingerprint density at radius 1 is 1.29 bits per heavy atom. The van der Waals surface area contributed by atoms with E-state index < -0.39 is 0 Å². The summed E-state index contributed by atoms with van der Waals surface area (Å²) in [6.45, 7) is 3.77. The average Bonchev–Trinajstić information content (AvgIpc) is 2.74. The summed E-state index contributed by atoms with van der Waals surface area (Å²) >= 11 is 0. The smallest absolute Gasteiger partial charge is 0.284 e. The first-order chi connectivity index (χ1) is 8.16. The maximum atomic E-state index is 11.7. The molecule has 1 aromatic heterocycles. The molecule has 4 heteroatoms. The third-order valence-electron chi connectivity index (χ3n) is 2.42. The van der Waals surface area contributed by atoms with E-state index in [0.717, 1.165) is 17.0 Å². The Labute approximate surface area is 99.8 Å². The normalized spacial score (nSPS) is 10.2. The second kappa shape index (κ2) is 4.82. The van der Waals surface area contributed by atoms with E-state index in [1.54, 1.807) is 12.3 Å². The van der Waals surface area contributed by atoms with Gasteiger partial charge in [-0.05, 0) is 31.5 Å². The third kappa shape index (κ3) is 2.72. The topological polar surface area (TPSA) is 44.1 Å². The van der Waals surface area contributed by atoms with Gasteiger partial charge in [0.2, 0.25) is 0 Å². The zero-order valence-corrected chi connectivity index (χ0v) is 9.88. The number of carbonyl (C=O) groups is 1. The number of aryl methyl sites for hydroxylation is 2. The number of benzene rings is 1. The molecule has 2 rings (SSSR count). The molecule has 2 aromatic rings. The monoisotopic (exact) mass is 230 g/mol. The Morgan fingerprint density at radius 2 is 2.06 bits per heavy atom. The van der Waals surface area contributed by atoms with Crippen molar-refractivity contribution in [2.45, 2.75) is 13.8 Å². The van der Waals surface area contributed by atoms with E-state index in [1.807, 2.05) is 38.1 Å². The maximum Gasteiger partial charge on any atom is 0.284 e. The van der Waals surface area contributed by atoms with Crippen LogP contribution >= 0.6 is 0 Å². The van der Waals surface area contributed by atoms with Crippen LogP contribution in [0.3, 0.4) is 0 Å². The molecule has 1 heterocycles. The van der Waals surface area contributed by atoms with Crippen molar-refractivity contribution in [1.82, 2.24) is 9.78 Å². The number of aromatic nitrogens is 2. The Balaban J connectivity index is 1.99. The number of hydrogen-bond donors (Lipinski definition) is 0. The van der Waals surface area contributed by atoms with E-state index in [2.05, 4.69) is 5.10 Å². The van der Waals surface area contributed by atoms with Crippen LogP contribution in [0.2, 0.25) is 0 Å². The van der Waals surface area contributed by atoms with Crippen molar-refractivity contribution in [2.24, 2.45) is 0 Å². The Kier molecular flexibility index (Phi) is 3.23. The van der Waals surface area contributed by atoms with Crippen LogP contribution in [0.1, 0.15) is 16.1 Å². The maximum absolute atomic E-state index is 11.7. The van der Waals surface area contributed by atoms with Crippen LogP contribution in [0, 0.1) is 13.8 Å². The first-order valence-corrected chi connectivity index (χ1v) is 5.41. The fourth-order valence-corrected chi connectivity index (χ4v) is 1.48. The van der Waals surface area contributed by atoms with Crippen LogP contribution in [-0.4, -0.2) is 22.3 Å². The fourth-order valence-electron chi connectivity index (χ4n) is 1.48. The summed E-state index contributed by atoms with van der Waals surface area (Å²) in [5, 5.41) is 4.03. The fraction of sp³-hybridized carbons (Fsp3) is 0.231. The van der Waals surface area contributed by atoms with Gasteiger partial charge < -0.3 is 4.74 Å². The zero-order chi connectivity index (χ0) is 12.3. The number of ether oxygens (including phenoxy) is 1. The first kappa shape index (κ1) is 11.4. The van der Waals surface area contributed by atoms with Gasteiger partial charge in [-0.15, -0.1) is 0 Å². The van der Waals surface area contributed by atoms with Gasteiger partial charge in [0.1, 0.15) is 5.75 Å². The van der Waals surface area contributed by atoms with Gasteiger partial charge in [-0.3, -0.25) is 4.79 Å². The van der Waals surface area contributed by atoms with Gasteiger partial charge in [-0.25, -0.2) is 4.68 Å². The second-order valence-corrected chi connectivity index (χ2v) is 3.85. The van der Waals surface area contributed by atoms with Gasteiger partial charge in [0.05, 0.1) is 5.69 Å². The number of rotatable bonds is 3. The lowest BCUT2D eigenvalue weighted by Gasteiger charge is -2.07. The van der Waals surface area contributed by atoms with E-state index in [-0.39, 0.29) is 12.5 Å². The minimum Gasteiger partial charge on any atom is -0.483 e. The summed E-state index contributed by atoms with van der Waals surface area (Å²) in [5.74, 6) is 0.547. The molecule has 0 spiro atoms. The molecule has 88 valence electrons. The molecule has 0 radical (unpaired) electrons. The second-order valence-electron chi connectivity index (χ2n) is 3.85. The van der Waals surface area contributed by atoms with E-state index in [9.17, 15) is 4.79 Å². The highest BCUT2D eigenvalue weighted by atomic mass is 16.5. The van der Waals surface area contributed by atoms with Crippen LogP contribution in [-0.2, 0) is 0 Å². The Morgan fingerprint density at radius 3 is 2.71 bits per heavy atom. The number of nitrogens with zero attached hydrogens (tertiary/aromatic N) is 2. The summed E-state index contributed by atoms with van der Waals surface area (Å²) in [6.07, 6.45) is 1.64. The quantitative estimate of drug-likeness (QED) is 0.812. The van der Waals surface area contributed by atoms with Crippen LogP contribution in [0.25, 0.3) is 0 Å². The summed E-state index contributed by atoms with van der Waals surface area (Å²) in [4.78, 5) is 11.7. The molecule has 0 aliphatic rings. The van der Waals surface area contributed by atoms with Crippen molar-refractivity contribution in [2.75, 3.05) is 6.61 Å². The summed E-state index contributed by atoms with van der Waals surface area (Å²) in [7, 11) is 0. The molecular weight excluding hydrogens is 216 g/mol. The summed E-state index contributed by atoms with van der Waals surface area (Å²) < 4.78 is 6.75. The highest BCUT2D eigenvalue weighted by Crippen LogP contribution is 2.15. The highest BCUT2D eigenvalue weighted by molar-refractivity contribution is 5.79. The lowest BCUT2D eigenvalue weighted by Crippen LogP contribution is -2.20. The van der Waals surface area contributed by atoms with Gasteiger partial charge >= 0.3 is 0 Å². The molecule has 0 aliphatic heterocycles. The predicted molar refractivity (Wildman–Crippen MR) is 64.3 cm³/mol. The van der Waals surface area contributed by atoms with Crippen LogP contribution < -0.4 is 4.74 Å². The summed E-state index contributed by atoms with van der Waals surface area (Å²) in [5.41, 5.74) is 1.83. The van der Waals surface area contributed by atoms with E-state index >= 15 is 0 Å². The highest BCUT2D eigenvalue weighted by Gasteiger charge is 2.07. The SMILES string of the molecule is Cc1ccn(C(=O)COc2ccccc2C)n1. The molecule has 4 nitrogen and oxygen atoms in total.